The van der Waals surface area contributed by atoms with Crippen molar-refractivity contribution in [2.45, 2.75) is 0 Å². The zero-order chi connectivity index (χ0) is 16.5. The molecule has 4 rings (SSSR count). The van der Waals surface area contributed by atoms with Crippen molar-refractivity contribution in [3.8, 4) is 22.6 Å². The Balaban J connectivity index is 1.92. The Hall–Kier alpha value is -3.00. The average Bonchev–Trinajstić information content (AvgIpc) is 2.96. The maximum absolute atomic E-state index is 5.55. The van der Waals surface area contributed by atoms with Crippen LogP contribution in [0.2, 0.25) is 0 Å². The number of fused-ring (bicyclic) bond motifs is 3. The van der Waals surface area contributed by atoms with Crippen LogP contribution in [0.5, 0.6) is 11.5 Å². The molecular weight excluding hydrogens is 296 g/mol. The summed E-state index contributed by atoms with van der Waals surface area (Å²) in [5.41, 5.74) is 7.36. The lowest BCUT2D eigenvalue weighted by molar-refractivity contribution is 0.394. The van der Waals surface area contributed by atoms with Gasteiger partial charge in [-0.05, 0) is 46.0 Å². The second kappa shape index (κ2) is 5.89. The first-order valence-corrected chi connectivity index (χ1v) is 7.94. The Labute approximate surface area is 142 Å². The quantitative estimate of drug-likeness (QED) is 0.512. The zero-order valence-electron chi connectivity index (χ0n) is 13.7. The van der Waals surface area contributed by atoms with Crippen LogP contribution in [0.25, 0.3) is 22.8 Å². The van der Waals surface area contributed by atoms with E-state index in [1.807, 2.05) is 18.2 Å². The minimum Gasteiger partial charge on any atom is -0.497 e. The van der Waals surface area contributed by atoms with Gasteiger partial charge in [0.2, 0.25) is 0 Å². The Morgan fingerprint density at radius 1 is 0.667 bits per heavy atom. The van der Waals surface area contributed by atoms with Crippen molar-refractivity contribution in [2.24, 2.45) is 0 Å². The SMILES string of the molecule is COc1ccc(C=C2c3ccccc3-c3ccccc32)c(OC)c1. The highest BCUT2D eigenvalue weighted by atomic mass is 16.5. The molecule has 0 aromatic heterocycles. The maximum Gasteiger partial charge on any atom is 0.129 e. The van der Waals surface area contributed by atoms with Crippen molar-refractivity contribution in [1.29, 1.82) is 0 Å². The second-order valence-electron chi connectivity index (χ2n) is 5.76. The van der Waals surface area contributed by atoms with Crippen molar-refractivity contribution < 1.29 is 9.47 Å². The van der Waals surface area contributed by atoms with E-state index in [1.165, 1.54) is 27.8 Å². The molecule has 0 fully saturated rings. The number of ether oxygens (including phenoxy) is 2. The molecular formula is C22H18O2. The van der Waals surface area contributed by atoms with Crippen molar-refractivity contribution in [1.82, 2.24) is 0 Å². The van der Waals surface area contributed by atoms with Gasteiger partial charge < -0.3 is 9.47 Å². The third-order valence-electron chi connectivity index (χ3n) is 4.47. The summed E-state index contributed by atoms with van der Waals surface area (Å²) in [6.45, 7) is 0. The van der Waals surface area contributed by atoms with Crippen LogP contribution in [0.15, 0.2) is 66.7 Å². The van der Waals surface area contributed by atoms with E-state index in [0.717, 1.165) is 17.1 Å². The lowest BCUT2D eigenvalue weighted by Gasteiger charge is -2.09. The van der Waals surface area contributed by atoms with Crippen LogP contribution in [0.4, 0.5) is 0 Å². The summed E-state index contributed by atoms with van der Waals surface area (Å²) >= 11 is 0. The first-order chi connectivity index (χ1) is 11.8. The highest BCUT2D eigenvalue weighted by Gasteiger charge is 2.22. The molecule has 118 valence electrons. The summed E-state index contributed by atoms with van der Waals surface area (Å²) in [6, 6.07) is 23.0. The molecule has 2 heteroatoms. The van der Waals surface area contributed by atoms with E-state index in [2.05, 4.69) is 54.6 Å². The van der Waals surface area contributed by atoms with Crippen molar-refractivity contribution in [2.75, 3.05) is 14.2 Å². The van der Waals surface area contributed by atoms with Crippen LogP contribution in [-0.2, 0) is 0 Å². The first kappa shape index (κ1) is 14.6. The molecule has 0 atom stereocenters. The Morgan fingerprint density at radius 3 is 1.79 bits per heavy atom. The topological polar surface area (TPSA) is 18.5 Å². The van der Waals surface area contributed by atoms with Gasteiger partial charge in [0, 0.05) is 11.6 Å². The standard InChI is InChI=1S/C22H18O2/c1-23-16-12-11-15(22(14-16)24-2)13-21-19-9-5-3-7-17(19)18-8-4-6-10-20(18)21/h3-14H,1-2H3. The third kappa shape index (κ3) is 2.28. The Bertz CT molecular complexity index is 891. The molecule has 0 unspecified atom stereocenters. The van der Waals surface area contributed by atoms with Crippen molar-refractivity contribution in [3.63, 3.8) is 0 Å². The van der Waals surface area contributed by atoms with Gasteiger partial charge in [-0.1, -0.05) is 48.5 Å². The van der Waals surface area contributed by atoms with Crippen LogP contribution in [0.1, 0.15) is 16.7 Å². The van der Waals surface area contributed by atoms with Gasteiger partial charge in [-0.2, -0.15) is 0 Å². The van der Waals surface area contributed by atoms with Gasteiger partial charge in [-0.15, -0.1) is 0 Å². The van der Waals surface area contributed by atoms with Crippen LogP contribution >= 0.6 is 0 Å². The molecule has 1 aliphatic carbocycles. The molecule has 0 saturated heterocycles. The van der Waals surface area contributed by atoms with Gasteiger partial charge in [-0.3, -0.25) is 0 Å². The molecule has 24 heavy (non-hydrogen) atoms. The fourth-order valence-electron chi connectivity index (χ4n) is 3.30. The largest absolute Gasteiger partial charge is 0.497 e. The molecule has 0 amide bonds. The van der Waals surface area contributed by atoms with Gasteiger partial charge >= 0.3 is 0 Å². The molecule has 0 heterocycles. The molecule has 1 aliphatic rings. The van der Waals surface area contributed by atoms with Gasteiger partial charge in [0.25, 0.3) is 0 Å². The maximum atomic E-state index is 5.55. The number of rotatable bonds is 3. The number of hydrogen-bond acceptors (Lipinski definition) is 2. The van der Waals surface area contributed by atoms with E-state index >= 15 is 0 Å². The molecule has 0 N–H and O–H groups in total. The predicted octanol–water partition coefficient (Wildman–Crippen LogP) is 5.27. The summed E-state index contributed by atoms with van der Waals surface area (Å²) in [5, 5.41) is 0. The van der Waals surface area contributed by atoms with Crippen LogP contribution in [0.3, 0.4) is 0 Å². The average molecular weight is 314 g/mol. The number of hydrogen-bond donors (Lipinski definition) is 0. The molecule has 0 radical (unpaired) electrons. The fourth-order valence-corrected chi connectivity index (χ4v) is 3.30. The Kier molecular flexibility index (Phi) is 3.58. The van der Waals surface area contributed by atoms with E-state index in [0.29, 0.717) is 0 Å². The van der Waals surface area contributed by atoms with Gasteiger partial charge in [-0.25, -0.2) is 0 Å². The lowest BCUT2D eigenvalue weighted by Crippen LogP contribution is -1.90. The van der Waals surface area contributed by atoms with Crippen LogP contribution < -0.4 is 9.47 Å². The van der Waals surface area contributed by atoms with Gasteiger partial charge in [0.1, 0.15) is 11.5 Å². The fraction of sp³-hybridized carbons (Fsp3) is 0.0909. The summed E-state index contributed by atoms with van der Waals surface area (Å²) in [4.78, 5) is 0. The van der Waals surface area contributed by atoms with E-state index in [4.69, 9.17) is 9.47 Å². The van der Waals surface area contributed by atoms with Gasteiger partial charge in [0.15, 0.2) is 0 Å². The minimum absolute atomic E-state index is 0.793. The molecule has 0 spiro atoms. The summed E-state index contributed by atoms with van der Waals surface area (Å²) < 4.78 is 10.8. The second-order valence-corrected chi connectivity index (χ2v) is 5.76. The first-order valence-electron chi connectivity index (χ1n) is 7.94. The van der Waals surface area contributed by atoms with Crippen LogP contribution in [0, 0.1) is 0 Å². The molecule has 3 aromatic carbocycles. The lowest BCUT2D eigenvalue weighted by atomic mass is 10.0. The van der Waals surface area contributed by atoms with E-state index in [1.54, 1.807) is 14.2 Å². The monoisotopic (exact) mass is 314 g/mol. The third-order valence-corrected chi connectivity index (χ3v) is 4.47. The number of methoxy groups -OCH3 is 2. The van der Waals surface area contributed by atoms with Crippen molar-refractivity contribution >= 4 is 11.6 Å². The molecule has 2 nitrogen and oxygen atoms in total. The molecule has 0 aliphatic heterocycles. The zero-order valence-corrected chi connectivity index (χ0v) is 13.7. The number of benzene rings is 3. The van der Waals surface area contributed by atoms with Gasteiger partial charge in [0.05, 0.1) is 14.2 Å². The van der Waals surface area contributed by atoms with E-state index in [-0.39, 0.29) is 0 Å². The summed E-state index contributed by atoms with van der Waals surface area (Å²) in [6.07, 6.45) is 2.20. The minimum atomic E-state index is 0.793. The van der Waals surface area contributed by atoms with Crippen LogP contribution in [-0.4, -0.2) is 14.2 Å². The molecule has 0 saturated carbocycles. The smallest absolute Gasteiger partial charge is 0.129 e. The van der Waals surface area contributed by atoms with E-state index < -0.39 is 0 Å². The normalized spacial score (nSPS) is 11.7. The molecule has 0 bridgehead atoms. The highest BCUT2D eigenvalue weighted by molar-refractivity contribution is 6.06. The summed E-state index contributed by atoms with van der Waals surface area (Å²) in [7, 11) is 3.35. The van der Waals surface area contributed by atoms with Crippen molar-refractivity contribution in [3.05, 3.63) is 83.4 Å². The summed E-state index contributed by atoms with van der Waals surface area (Å²) in [5.74, 6) is 1.60. The predicted molar refractivity (Wildman–Crippen MR) is 98.4 cm³/mol. The Morgan fingerprint density at radius 2 is 1.25 bits per heavy atom. The molecule has 3 aromatic rings. The highest BCUT2D eigenvalue weighted by Crippen LogP contribution is 2.45. The van der Waals surface area contributed by atoms with E-state index in [9.17, 15) is 0 Å².